The number of nitrogens with zero attached hydrogens (tertiary/aromatic N) is 3. The van der Waals surface area contributed by atoms with Crippen molar-refractivity contribution in [1.29, 1.82) is 0 Å². The van der Waals surface area contributed by atoms with E-state index in [1.54, 1.807) is 0 Å². The Bertz CT molecular complexity index is 782. The zero-order valence-corrected chi connectivity index (χ0v) is 13.7. The van der Waals surface area contributed by atoms with Crippen molar-refractivity contribution in [1.82, 2.24) is 15.1 Å². The second-order valence-corrected chi connectivity index (χ2v) is 5.91. The van der Waals surface area contributed by atoms with Gasteiger partial charge in [0.1, 0.15) is 6.04 Å². The Hall–Kier alpha value is -3.23. The monoisotopic (exact) mass is 346 g/mol. The van der Waals surface area contributed by atoms with Gasteiger partial charge in [-0.15, -0.1) is 0 Å². The molecule has 0 radical (unpaired) electrons. The molecule has 0 bridgehead atoms. The van der Waals surface area contributed by atoms with Crippen molar-refractivity contribution in [3.05, 3.63) is 52.3 Å². The molecule has 1 aromatic heterocycles. The van der Waals surface area contributed by atoms with Crippen LogP contribution in [0.5, 0.6) is 0 Å². The van der Waals surface area contributed by atoms with Crippen LogP contribution in [0.15, 0.2) is 36.5 Å². The fraction of sp³-hybridized carbons (Fsp3) is 0.312. The SMILES string of the molecule is CC(C)C[C@@H](NC(=O)c1ccn(-c2ccc([N+](=O)[O-])cc2)n1)C(=O)O. The van der Waals surface area contributed by atoms with Crippen LogP contribution < -0.4 is 5.32 Å². The number of nitro groups is 1. The Morgan fingerprint density at radius 3 is 2.44 bits per heavy atom. The van der Waals surface area contributed by atoms with Crippen LogP contribution >= 0.6 is 0 Å². The summed E-state index contributed by atoms with van der Waals surface area (Å²) in [6.07, 6.45) is 1.83. The molecule has 2 N–H and O–H groups in total. The quantitative estimate of drug-likeness (QED) is 0.583. The first kappa shape index (κ1) is 18.1. The van der Waals surface area contributed by atoms with Gasteiger partial charge in [-0.2, -0.15) is 5.10 Å². The predicted octanol–water partition coefficient (Wildman–Crippen LogP) is 2.01. The minimum atomic E-state index is -1.10. The number of nitrogens with one attached hydrogen (secondary N) is 1. The molecule has 0 unspecified atom stereocenters. The molecule has 0 fully saturated rings. The third kappa shape index (κ3) is 4.63. The van der Waals surface area contributed by atoms with Crippen molar-refractivity contribution < 1.29 is 19.6 Å². The number of carbonyl (C=O) groups excluding carboxylic acids is 1. The molecule has 1 aromatic carbocycles. The summed E-state index contributed by atoms with van der Waals surface area (Å²) >= 11 is 0. The summed E-state index contributed by atoms with van der Waals surface area (Å²) in [4.78, 5) is 33.6. The molecule has 0 spiro atoms. The number of hydrogen-bond donors (Lipinski definition) is 2. The van der Waals surface area contributed by atoms with Crippen LogP contribution in [-0.4, -0.2) is 37.7 Å². The summed E-state index contributed by atoms with van der Waals surface area (Å²) in [6, 6.07) is 6.14. The van der Waals surface area contributed by atoms with Gasteiger partial charge >= 0.3 is 5.97 Å². The fourth-order valence-electron chi connectivity index (χ4n) is 2.24. The van der Waals surface area contributed by atoms with Crippen LogP contribution in [-0.2, 0) is 4.79 Å². The number of hydrogen-bond acceptors (Lipinski definition) is 5. The smallest absolute Gasteiger partial charge is 0.326 e. The summed E-state index contributed by atoms with van der Waals surface area (Å²) in [6.45, 7) is 3.73. The van der Waals surface area contributed by atoms with Gasteiger partial charge in [0.15, 0.2) is 5.69 Å². The fourth-order valence-corrected chi connectivity index (χ4v) is 2.24. The predicted molar refractivity (Wildman–Crippen MR) is 88.6 cm³/mol. The van der Waals surface area contributed by atoms with Gasteiger partial charge in [0.25, 0.3) is 11.6 Å². The maximum atomic E-state index is 12.2. The Kier molecular flexibility index (Phi) is 5.48. The molecule has 0 aliphatic rings. The lowest BCUT2D eigenvalue weighted by molar-refractivity contribution is -0.384. The first-order chi connectivity index (χ1) is 11.8. The second kappa shape index (κ2) is 7.56. The van der Waals surface area contributed by atoms with Gasteiger partial charge < -0.3 is 10.4 Å². The van der Waals surface area contributed by atoms with Gasteiger partial charge in [-0.3, -0.25) is 14.9 Å². The Balaban J connectivity index is 2.12. The van der Waals surface area contributed by atoms with Crippen molar-refractivity contribution in [3.63, 3.8) is 0 Å². The Morgan fingerprint density at radius 2 is 1.92 bits per heavy atom. The second-order valence-electron chi connectivity index (χ2n) is 5.91. The van der Waals surface area contributed by atoms with Crippen LogP contribution in [0.3, 0.4) is 0 Å². The maximum Gasteiger partial charge on any atom is 0.326 e. The molecule has 0 aliphatic carbocycles. The van der Waals surface area contributed by atoms with E-state index in [9.17, 15) is 24.8 Å². The maximum absolute atomic E-state index is 12.2. The van der Waals surface area contributed by atoms with Gasteiger partial charge in [0.05, 0.1) is 10.6 Å². The van der Waals surface area contributed by atoms with Crippen molar-refractivity contribution >= 4 is 17.6 Å². The molecule has 2 aromatic rings. The largest absolute Gasteiger partial charge is 0.480 e. The number of carboxylic acid groups (broad SMARTS) is 1. The summed E-state index contributed by atoms with van der Waals surface area (Å²) in [5.41, 5.74) is 0.557. The minimum absolute atomic E-state index is 0.0492. The van der Waals surface area contributed by atoms with Gasteiger partial charge in [0.2, 0.25) is 0 Å². The molecule has 0 saturated carbocycles. The molecular formula is C16H18N4O5. The van der Waals surface area contributed by atoms with E-state index in [2.05, 4.69) is 10.4 Å². The first-order valence-corrected chi connectivity index (χ1v) is 7.62. The molecule has 1 atom stereocenters. The number of rotatable bonds is 7. The molecule has 9 heteroatoms. The Morgan fingerprint density at radius 1 is 1.28 bits per heavy atom. The summed E-state index contributed by atoms with van der Waals surface area (Å²) in [5, 5.41) is 26.4. The zero-order chi connectivity index (χ0) is 18.6. The molecule has 0 saturated heterocycles. The molecule has 132 valence electrons. The average Bonchev–Trinajstić information content (AvgIpc) is 3.03. The highest BCUT2D eigenvalue weighted by atomic mass is 16.6. The standard InChI is InChI=1S/C16H18N4O5/c1-10(2)9-14(16(22)23)17-15(21)13-7-8-19(18-13)11-3-5-12(6-4-11)20(24)25/h3-8,10,14H,9H2,1-2H3,(H,17,21)(H,22,23)/t14-/m1/s1. The number of non-ortho nitro benzene ring substituents is 1. The third-order valence-corrected chi connectivity index (χ3v) is 3.46. The van der Waals surface area contributed by atoms with Gasteiger partial charge in [-0.05, 0) is 30.5 Å². The van der Waals surface area contributed by atoms with Crippen molar-refractivity contribution in [3.8, 4) is 5.69 Å². The number of carboxylic acids is 1. The highest BCUT2D eigenvalue weighted by Crippen LogP contribution is 2.15. The van der Waals surface area contributed by atoms with E-state index in [-0.39, 0.29) is 17.3 Å². The minimum Gasteiger partial charge on any atom is -0.480 e. The lowest BCUT2D eigenvalue weighted by Gasteiger charge is -2.15. The summed E-state index contributed by atoms with van der Waals surface area (Å²) in [7, 11) is 0. The molecule has 25 heavy (non-hydrogen) atoms. The lowest BCUT2D eigenvalue weighted by Crippen LogP contribution is -2.41. The topological polar surface area (TPSA) is 127 Å². The zero-order valence-electron chi connectivity index (χ0n) is 13.7. The number of carbonyl (C=O) groups is 2. The Labute approximate surface area is 143 Å². The van der Waals surface area contributed by atoms with Gasteiger partial charge in [0, 0.05) is 18.3 Å². The molecule has 2 rings (SSSR count). The van der Waals surface area contributed by atoms with Gasteiger partial charge in [-0.1, -0.05) is 13.8 Å². The highest BCUT2D eigenvalue weighted by molar-refractivity contribution is 5.94. The number of nitro benzene ring substituents is 1. The van der Waals surface area contributed by atoms with Crippen molar-refractivity contribution in [2.24, 2.45) is 5.92 Å². The van der Waals surface area contributed by atoms with E-state index in [0.717, 1.165) is 0 Å². The van der Waals surface area contributed by atoms with Crippen LogP contribution in [0.4, 0.5) is 5.69 Å². The average molecular weight is 346 g/mol. The normalized spacial score (nSPS) is 12.0. The molecule has 1 amide bonds. The van der Waals surface area contributed by atoms with Crippen LogP contribution in [0, 0.1) is 16.0 Å². The van der Waals surface area contributed by atoms with Crippen LogP contribution in [0.1, 0.15) is 30.8 Å². The third-order valence-electron chi connectivity index (χ3n) is 3.46. The number of amides is 1. The van der Waals surface area contributed by atoms with Crippen LogP contribution in [0.25, 0.3) is 5.69 Å². The summed E-state index contributed by atoms with van der Waals surface area (Å²) < 4.78 is 1.39. The van der Waals surface area contributed by atoms with Crippen molar-refractivity contribution in [2.75, 3.05) is 0 Å². The van der Waals surface area contributed by atoms with E-state index < -0.39 is 22.8 Å². The molecule has 0 aliphatic heterocycles. The number of benzene rings is 1. The van der Waals surface area contributed by atoms with Crippen LogP contribution in [0.2, 0.25) is 0 Å². The molecule has 1 heterocycles. The van der Waals surface area contributed by atoms with E-state index >= 15 is 0 Å². The van der Waals surface area contributed by atoms with E-state index in [0.29, 0.717) is 12.1 Å². The van der Waals surface area contributed by atoms with Crippen molar-refractivity contribution in [2.45, 2.75) is 26.3 Å². The number of aliphatic carboxylic acids is 1. The van der Waals surface area contributed by atoms with E-state index in [4.69, 9.17) is 0 Å². The first-order valence-electron chi connectivity index (χ1n) is 7.62. The van der Waals surface area contributed by atoms with Gasteiger partial charge in [-0.25, -0.2) is 9.48 Å². The number of aromatic nitrogens is 2. The molecular weight excluding hydrogens is 328 g/mol. The lowest BCUT2D eigenvalue weighted by atomic mass is 10.0. The summed E-state index contributed by atoms with van der Waals surface area (Å²) in [5.74, 6) is -1.58. The molecule has 9 nitrogen and oxygen atoms in total. The van der Waals surface area contributed by atoms with E-state index in [1.165, 1.54) is 41.2 Å². The highest BCUT2D eigenvalue weighted by Gasteiger charge is 2.22. The van der Waals surface area contributed by atoms with E-state index in [1.807, 2.05) is 13.8 Å².